The first-order valence-electron chi connectivity index (χ1n) is 5.45. The van der Waals surface area contributed by atoms with Gasteiger partial charge in [-0.1, -0.05) is 0 Å². The van der Waals surface area contributed by atoms with Gasteiger partial charge in [-0.2, -0.15) is 13.2 Å². The minimum absolute atomic E-state index is 0.0394. The van der Waals surface area contributed by atoms with E-state index in [1.165, 1.54) is 0 Å². The van der Waals surface area contributed by atoms with Gasteiger partial charge < -0.3 is 10.4 Å². The molecule has 0 radical (unpaired) electrons. The lowest BCUT2D eigenvalue weighted by molar-refractivity contribution is -0.137. The summed E-state index contributed by atoms with van der Waals surface area (Å²) in [5, 5.41) is 12.9. The highest BCUT2D eigenvalue weighted by Crippen LogP contribution is 2.24. The minimum atomic E-state index is -4.13. The maximum absolute atomic E-state index is 11.9. The van der Waals surface area contributed by atoms with E-state index in [2.05, 4.69) is 5.32 Å². The molecule has 2 nitrogen and oxygen atoms in total. The van der Waals surface area contributed by atoms with Gasteiger partial charge in [0.05, 0.1) is 5.60 Å². The highest BCUT2D eigenvalue weighted by molar-refractivity contribution is 4.80. The van der Waals surface area contributed by atoms with E-state index in [0.717, 1.165) is 0 Å². The molecule has 2 N–H and O–H groups in total. The van der Waals surface area contributed by atoms with Crippen LogP contribution < -0.4 is 5.32 Å². The van der Waals surface area contributed by atoms with Crippen LogP contribution in [0.3, 0.4) is 0 Å². The van der Waals surface area contributed by atoms with Crippen molar-refractivity contribution in [2.45, 2.75) is 64.3 Å². The minimum Gasteiger partial charge on any atom is -0.389 e. The quantitative estimate of drug-likeness (QED) is 0.775. The number of β-amino-alcohol motifs (C(OH)–C–C–N with tert-alkyl or cyclic N) is 1. The maximum atomic E-state index is 11.9. The SMILES string of the molecule is CC(O)(CCCC(F)(F)F)CNC(C)(C)C. The summed E-state index contributed by atoms with van der Waals surface area (Å²) in [5.74, 6) is 0. The molecule has 0 fully saturated rings. The maximum Gasteiger partial charge on any atom is 0.389 e. The summed E-state index contributed by atoms with van der Waals surface area (Å²) in [7, 11) is 0. The standard InChI is InChI=1S/C11H22F3NO/c1-9(2,3)15-8-10(4,16)6-5-7-11(12,13)14/h15-16H,5-8H2,1-4H3. The molecule has 0 saturated carbocycles. The normalized spacial score (nSPS) is 17.2. The third kappa shape index (κ3) is 10.2. The fourth-order valence-corrected chi connectivity index (χ4v) is 1.21. The predicted octanol–water partition coefficient (Wildman–Crippen LogP) is 2.86. The third-order valence-corrected chi connectivity index (χ3v) is 2.18. The van der Waals surface area contributed by atoms with Gasteiger partial charge >= 0.3 is 6.18 Å². The van der Waals surface area contributed by atoms with Crippen LogP contribution in [0, 0.1) is 0 Å². The largest absolute Gasteiger partial charge is 0.389 e. The highest BCUT2D eigenvalue weighted by atomic mass is 19.4. The Morgan fingerprint density at radius 3 is 1.88 bits per heavy atom. The van der Waals surface area contributed by atoms with Gasteiger partial charge in [0.1, 0.15) is 0 Å². The van der Waals surface area contributed by atoms with Crippen LogP contribution in [0.25, 0.3) is 0 Å². The molecular formula is C11H22F3NO. The highest BCUT2D eigenvalue weighted by Gasteiger charge is 2.29. The van der Waals surface area contributed by atoms with Crippen LogP contribution in [0.5, 0.6) is 0 Å². The lowest BCUT2D eigenvalue weighted by atomic mass is 9.97. The molecule has 0 saturated heterocycles. The van der Waals surface area contributed by atoms with E-state index in [1.54, 1.807) is 6.92 Å². The van der Waals surface area contributed by atoms with Crippen molar-refractivity contribution in [3.63, 3.8) is 0 Å². The van der Waals surface area contributed by atoms with Crippen molar-refractivity contribution in [1.82, 2.24) is 5.32 Å². The summed E-state index contributed by atoms with van der Waals surface area (Å²) in [6.07, 6.45) is -4.86. The summed E-state index contributed by atoms with van der Waals surface area (Å²) in [4.78, 5) is 0. The Kier molecular flexibility index (Phi) is 5.26. The van der Waals surface area contributed by atoms with Crippen molar-refractivity contribution in [2.75, 3.05) is 6.54 Å². The molecule has 0 amide bonds. The van der Waals surface area contributed by atoms with Gasteiger partial charge in [0.15, 0.2) is 0 Å². The summed E-state index contributed by atoms with van der Waals surface area (Å²) < 4.78 is 35.7. The number of nitrogens with one attached hydrogen (secondary N) is 1. The summed E-state index contributed by atoms with van der Waals surface area (Å²) >= 11 is 0. The third-order valence-electron chi connectivity index (χ3n) is 2.18. The van der Waals surface area contributed by atoms with E-state index < -0.39 is 18.2 Å². The number of halogens is 3. The number of hydrogen-bond acceptors (Lipinski definition) is 2. The van der Waals surface area contributed by atoms with Crippen LogP contribution in [0.2, 0.25) is 0 Å². The molecule has 0 heterocycles. The first-order chi connectivity index (χ1) is 6.91. The van der Waals surface area contributed by atoms with Crippen molar-refractivity contribution in [3.8, 4) is 0 Å². The second kappa shape index (κ2) is 5.36. The molecule has 0 aromatic carbocycles. The predicted molar refractivity (Wildman–Crippen MR) is 58.3 cm³/mol. The van der Waals surface area contributed by atoms with Gasteiger partial charge in [-0.3, -0.25) is 0 Å². The molecule has 0 rings (SSSR count). The van der Waals surface area contributed by atoms with Gasteiger partial charge in [-0.05, 0) is 40.5 Å². The van der Waals surface area contributed by atoms with Crippen LogP contribution >= 0.6 is 0 Å². The molecule has 0 aromatic rings. The summed E-state index contributed by atoms with van der Waals surface area (Å²) in [6, 6.07) is 0. The van der Waals surface area contributed by atoms with Crippen molar-refractivity contribution in [3.05, 3.63) is 0 Å². The molecule has 1 atom stereocenters. The Morgan fingerprint density at radius 1 is 1.00 bits per heavy atom. The van der Waals surface area contributed by atoms with Crippen LogP contribution in [0.1, 0.15) is 47.0 Å². The van der Waals surface area contributed by atoms with Crippen LogP contribution in [0.15, 0.2) is 0 Å². The summed E-state index contributed by atoms with van der Waals surface area (Å²) in [5.41, 5.74) is -1.23. The molecule has 0 aromatic heterocycles. The fourth-order valence-electron chi connectivity index (χ4n) is 1.21. The molecule has 98 valence electrons. The van der Waals surface area contributed by atoms with E-state index in [1.807, 2.05) is 20.8 Å². The first-order valence-corrected chi connectivity index (χ1v) is 5.45. The summed E-state index contributed by atoms with van der Waals surface area (Å²) in [6.45, 7) is 7.69. The molecule has 0 aliphatic carbocycles. The number of alkyl halides is 3. The Labute approximate surface area is 95.2 Å². The van der Waals surface area contributed by atoms with E-state index in [-0.39, 0.29) is 18.4 Å². The zero-order valence-corrected chi connectivity index (χ0v) is 10.4. The van der Waals surface area contributed by atoms with Gasteiger partial charge in [0, 0.05) is 18.5 Å². The second-order valence-electron chi connectivity index (χ2n) is 5.57. The van der Waals surface area contributed by atoms with E-state index in [0.29, 0.717) is 6.54 Å². The Hall–Kier alpha value is -0.290. The van der Waals surface area contributed by atoms with Gasteiger partial charge in [-0.15, -0.1) is 0 Å². The zero-order chi connectivity index (χ0) is 13.0. The van der Waals surface area contributed by atoms with Crippen LogP contribution in [0.4, 0.5) is 13.2 Å². The van der Waals surface area contributed by atoms with Crippen molar-refractivity contribution in [1.29, 1.82) is 0 Å². The molecular weight excluding hydrogens is 219 g/mol. The molecule has 0 aliphatic rings. The molecule has 16 heavy (non-hydrogen) atoms. The molecule has 0 bridgehead atoms. The average molecular weight is 241 g/mol. The monoisotopic (exact) mass is 241 g/mol. The smallest absolute Gasteiger partial charge is 0.389 e. The zero-order valence-electron chi connectivity index (χ0n) is 10.4. The van der Waals surface area contributed by atoms with E-state index >= 15 is 0 Å². The van der Waals surface area contributed by atoms with Crippen molar-refractivity contribution < 1.29 is 18.3 Å². The molecule has 0 aliphatic heterocycles. The Balaban J connectivity index is 3.88. The van der Waals surface area contributed by atoms with Crippen LogP contribution in [-0.2, 0) is 0 Å². The van der Waals surface area contributed by atoms with Gasteiger partial charge in [0.25, 0.3) is 0 Å². The fraction of sp³-hybridized carbons (Fsp3) is 1.00. The molecule has 1 unspecified atom stereocenters. The van der Waals surface area contributed by atoms with Gasteiger partial charge in [0.2, 0.25) is 0 Å². The first kappa shape index (κ1) is 15.7. The number of aliphatic hydroxyl groups is 1. The lowest BCUT2D eigenvalue weighted by Crippen LogP contribution is -2.46. The second-order valence-corrected chi connectivity index (χ2v) is 5.57. The van der Waals surface area contributed by atoms with Crippen molar-refractivity contribution >= 4 is 0 Å². The molecule has 0 spiro atoms. The van der Waals surface area contributed by atoms with E-state index in [4.69, 9.17) is 0 Å². The number of hydrogen-bond donors (Lipinski definition) is 2. The lowest BCUT2D eigenvalue weighted by Gasteiger charge is -2.29. The average Bonchev–Trinajstić information content (AvgIpc) is 1.97. The Bertz CT molecular complexity index is 206. The molecule has 5 heteroatoms. The van der Waals surface area contributed by atoms with Crippen molar-refractivity contribution in [2.24, 2.45) is 0 Å². The number of rotatable bonds is 5. The van der Waals surface area contributed by atoms with E-state index in [9.17, 15) is 18.3 Å². The van der Waals surface area contributed by atoms with Crippen LogP contribution in [-0.4, -0.2) is 29.0 Å². The Morgan fingerprint density at radius 2 is 1.50 bits per heavy atom. The topological polar surface area (TPSA) is 32.3 Å². The van der Waals surface area contributed by atoms with Gasteiger partial charge in [-0.25, -0.2) is 0 Å².